The Hall–Kier alpha value is -6.17. The number of aliphatic carboxylic acids is 1. The summed E-state index contributed by atoms with van der Waals surface area (Å²) in [6.45, 7) is 8.75. The number of benzene rings is 4. The third-order valence-electron chi connectivity index (χ3n) is 9.84. The number of nitrogens with zero attached hydrogens (tertiary/aromatic N) is 2. The highest BCUT2D eigenvalue weighted by molar-refractivity contribution is 6.00. The van der Waals surface area contributed by atoms with E-state index >= 15 is 0 Å². The Morgan fingerprint density at radius 1 is 0.552 bits per heavy atom. The monoisotopic (exact) mass is 792 g/mol. The van der Waals surface area contributed by atoms with E-state index in [1.165, 1.54) is 4.90 Å². The fourth-order valence-electron chi connectivity index (χ4n) is 6.93. The molecule has 1 saturated carbocycles. The summed E-state index contributed by atoms with van der Waals surface area (Å²) in [4.78, 5) is 71.5. The van der Waals surface area contributed by atoms with Crippen LogP contribution in [0.15, 0.2) is 109 Å². The van der Waals surface area contributed by atoms with Crippen molar-refractivity contribution in [2.45, 2.75) is 60.5 Å². The van der Waals surface area contributed by atoms with Crippen LogP contribution in [0.5, 0.6) is 23.0 Å². The van der Waals surface area contributed by atoms with Gasteiger partial charge in [0, 0.05) is 26.2 Å². The average molecular weight is 793 g/mol. The number of ether oxygens (including phenoxy) is 4. The highest BCUT2D eigenvalue weighted by Gasteiger charge is 2.65. The number of rotatable bonds is 18. The minimum Gasteiger partial charge on any atom is -0.481 e. The van der Waals surface area contributed by atoms with Gasteiger partial charge in [-0.05, 0) is 93.3 Å². The zero-order valence-corrected chi connectivity index (χ0v) is 33.7. The molecule has 0 saturated heterocycles. The lowest BCUT2D eigenvalue weighted by molar-refractivity contribution is -0.197. The van der Waals surface area contributed by atoms with Crippen molar-refractivity contribution >= 4 is 29.7 Å². The third-order valence-corrected chi connectivity index (χ3v) is 9.84. The molecule has 4 atom stereocenters. The molecule has 58 heavy (non-hydrogen) atoms. The average Bonchev–Trinajstić information content (AvgIpc) is 3.18. The van der Waals surface area contributed by atoms with Gasteiger partial charge < -0.3 is 33.9 Å². The second-order valence-corrected chi connectivity index (χ2v) is 15.3. The molecule has 1 fully saturated rings. The highest BCUT2D eigenvalue weighted by Crippen LogP contribution is 2.49. The number of hydrogen-bond donors (Lipinski definition) is 1. The Balaban J connectivity index is 1.40. The summed E-state index contributed by atoms with van der Waals surface area (Å²) >= 11 is 0. The molecule has 0 bridgehead atoms. The van der Waals surface area contributed by atoms with Crippen molar-refractivity contribution in [1.82, 2.24) is 9.80 Å². The number of amides is 2. The number of carbonyl (C=O) groups excluding carboxylic acids is 4. The lowest BCUT2D eigenvalue weighted by atomic mass is 9.55. The first-order chi connectivity index (χ1) is 27.8. The van der Waals surface area contributed by atoms with Crippen molar-refractivity contribution in [3.05, 3.63) is 120 Å². The molecular weight excluding hydrogens is 741 g/mol. The molecule has 2 amide bonds. The number of esters is 2. The second kappa shape index (κ2) is 19.8. The normalized spacial score (nSPS) is 17.3. The number of carboxylic acids is 1. The van der Waals surface area contributed by atoms with Crippen LogP contribution in [0.3, 0.4) is 0 Å². The van der Waals surface area contributed by atoms with Gasteiger partial charge in [0.25, 0.3) is 0 Å². The summed E-state index contributed by atoms with van der Waals surface area (Å²) in [5.41, 5.74) is 0.646. The smallest absolute Gasteiger partial charge is 0.314 e. The topological polar surface area (TPSA) is 149 Å². The van der Waals surface area contributed by atoms with Crippen molar-refractivity contribution in [2.75, 3.05) is 19.9 Å². The molecule has 0 spiro atoms. The molecule has 0 heterocycles. The molecule has 1 aliphatic carbocycles. The lowest BCUT2D eigenvalue weighted by Gasteiger charge is -2.49. The van der Waals surface area contributed by atoms with Crippen LogP contribution in [-0.2, 0) is 46.5 Å². The molecule has 5 rings (SSSR count). The van der Waals surface area contributed by atoms with Crippen LogP contribution in [0.25, 0.3) is 0 Å². The van der Waals surface area contributed by atoms with Crippen LogP contribution in [0.2, 0.25) is 0 Å². The van der Waals surface area contributed by atoms with Crippen LogP contribution in [0.4, 0.5) is 0 Å². The third kappa shape index (κ3) is 11.0. The van der Waals surface area contributed by atoms with E-state index in [4.69, 9.17) is 18.9 Å². The summed E-state index contributed by atoms with van der Waals surface area (Å²) in [5.74, 6) is -7.43. The number of carboxylic acid groups (broad SMARTS) is 1. The summed E-state index contributed by atoms with van der Waals surface area (Å²) < 4.78 is 22.3. The van der Waals surface area contributed by atoms with E-state index in [1.807, 2.05) is 98.8 Å². The van der Waals surface area contributed by atoms with Gasteiger partial charge in [-0.2, -0.15) is 0 Å². The van der Waals surface area contributed by atoms with Gasteiger partial charge in [0.15, 0.2) is 0 Å². The van der Waals surface area contributed by atoms with Crippen molar-refractivity contribution in [3.8, 4) is 23.0 Å². The molecule has 0 aliphatic heterocycles. The minimum atomic E-state index is -1.56. The van der Waals surface area contributed by atoms with Crippen LogP contribution in [-0.4, -0.2) is 64.5 Å². The lowest BCUT2D eigenvalue weighted by Crippen LogP contribution is -2.64. The Morgan fingerprint density at radius 3 is 1.33 bits per heavy atom. The second-order valence-electron chi connectivity index (χ2n) is 15.3. The number of para-hydroxylation sites is 2. The van der Waals surface area contributed by atoms with E-state index in [1.54, 1.807) is 49.9 Å². The first-order valence-electron chi connectivity index (χ1n) is 19.6. The van der Waals surface area contributed by atoms with Gasteiger partial charge in [-0.15, -0.1) is 0 Å². The van der Waals surface area contributed by atoms with E-state index in [2.05, 4.69) is 0 Å². The molecule has 1 N–H and O–H groups in total. The minimum absolute atomic E-state index is 0.133. The summed E-state index contributed by atoms with van der Waals surface area (Å²) in [6, 6.07) is 33.1. The van der Waals surface area contributed by atoms with E-state index < -0.39 is 65.6 Å². The first-order valence-corrected chi connectivity index (χ1v) is 19.6. The molecule has 12 heteroatoms. The molecule has 12 nitrogen and oxygen atoms in total. The molecule has 4 unspecified atom stereocenters. The Kier molecular flexibility index (Phi) is 14.7. The fraction of sp³-hybridized carbons (Fsp3) is 0.370. The maximum absolute atomic E-state index is 14.7. The van der Waals surface area contributed by atoms with E-state index in [9.17, 15) is 29.1 Å². The van der Waals surface area contributed by atoms with Gasteiger partial charge in [0.1, 0.15) is 23.0 Å². The standard InChI is InChI=1S/C46H52N2O10/c1-6-26-47(28-31-18-22-35(23-19-31)57-33-14-10-8-11-15-33)41(49)37-38(40(39(37)43(51)52)44(53)55-30-56-45(54)46(3,4)5)42(50)48(27-7-2)29-32-20-24-36(25-21-32)58-34-16-12-9-13-17-34/h8-25,37-40H,6-7,26-30H2,1-5H3,(H,51,52). The quantitative estimate of drug-likeness (QED) is 0.0774. The van der Waals surface area contributed by atoms with Gasteiger partial charge in [0.05, 0.1) is 29.1 Å². The van der Waals surface area contributed by atoms with E-state index in [0.717, 1.165) is 11.1 Å². The largest absolute Gasteiger partial charge is 0.481 e. The van der Waals surface area contributed by atoms with Gasteiger partial charge >= 0.3 is 17.9 Å². The van der Waals surface area contributed by atoms with Crippen molar-refractivity contribution in [3.63, 3.8) is 0 Å². The molecule has 0 aromatic heterocycles. The predicted octanol–water partition coefficient (Wildman–Crippen LogP) is 8.10. The molecular formula is C46H52N2O10. The van der Waals surface area contributed by atoms with Crippen molar-refractivity contribution < 1.29 is 48.0 Å². The summed E-state index contributed by atoms with van der Waals surface area (Å²) in [6.07, 6.45) is 1.11. The molecule has 1 aliphatic rings. The molecule has 4 aromatic carbocycles. The predicted molar refractivity (Wildman–Crippen MR) is 215 cm³/mol. The zero-order chi connectivity index (χ0) is 41.8. The highest BCUT2D eigenvalue weighted by atomic mass is 16.7. The summed E-state index contributed by atoms with van der Waals surface area (Å²) in [7, 11) is 0. The fourth-order valence-corrected chi connectivity index (χ4v) is 6.93. The van der Waals surface area contributed by atoms with Crippen LogP contribution in [0.1, 0.15) is 58.6 Å². The van der Waals surface area contributed by atoms with Crippen LogP contribution >= 0.6 is 0 Å². The first kappa shape index (κ1) is 43.0. The van der Waals surface area contributed by atoms with E-state index in [-0.39, 0.29) is 26.2 Å². The maximum atomic E-state index is 14.7. The van der Waals surface area contributed by atoms with Gasteiger partial charge in [-0.25, -0.2) is 0 Å². The van der Waals surface area contributed by atoms with Gasteiger partial charge in [-0.3, -0.25) is 24.0 Å². The van der Waals surface area contributed by atoms with Crippen molar-refractivity contribution in [2.24, 2.45) is 29.1 Å². The SMILES string of the molecule is CCCN(Cc1ccc(Oc2ccccc2)cc1)C(=O)C1C(C(=O)O)C(C(=O)OCOC(=O)C(C)(C)C)C1C(=O)N(CCC)Cc1ccc(Oc2ccccc2)cc1. The van der Waals surface area contributed by atoms with Gasteiger partial charge in [0.2, 0.25) is 18.6 Å². The number of carbonyl (C=O) groups is 5. The molecule has 306 valence electrons. The van der Waals surface area contributed by atoms with Crippen LogP contribution < -0.4 is 9.47 Å². The number of hydrogen-bond acceptors (Lipinski definition) is 9. The van der Waals surface area contributed by atoms with Crippen molar-refractivity contribution in [1.29, 1.82) is 0 Å². The molecule has 0 radical (unpaired) electrons. The van der Waals surface area contributed by atoms with Crippen LogP contribution in [0, 0.1) is 29.1 Å². The zero-order valence-electron chi connectivity index (χ0n) is 33.7. The molecule has 4 aromatic rings. The van der Waals surface area contributed by atoms with E-state index in [0.29, 0.717) is 35.8 Å². The Bertz CT molecular complexity index is 2000. The Morgan fingerprint density at radius 2 is 0.948 bits per heavy atom. The maximum Gasteiger partial charge on any atom is 0.314 e. The Labute approximate surface area is 339 Å². The summed E-state index contributed by atoms with van der Waals surface area (Å²) in [5, 5.41) is 10.5. The van der Waals surface area contributed by atoms with Gasteiger partial charge in [-0.1, -0.05) is 74.5 Å².